The summed E-state index contributed by atoms with van der Waals surface area (Å²) in [4.78, 5) is 43.6. The molecule has 8 heteroatoms. The molecule has 0 aromatic rings. The molecule has 0 aromatic heterocycles. The number of nitrogens with one attached hydrogen (secondary N) is 1. The van der Waals surface area contributed by atoms with Crippen molar-refractivity contribution in [3.05, 3.63) is 0 Å². The van der Waals surface area contributed by atoms with Crippen molar-refractivity contribution in [3.8, 4) is 0 Å². The van der Waals surface area contributed by atoms with Crippen LogP contribution in [0.1, 0.15) is 32.6 Å². The molecule has 5 N–H and O–H groups in total. The summed E-state index contributed by atoms with van der Waals surface area (Å²) in [6.07, 6.45) is -0.587. The van der Waals surface area contributed by atoms with E-state index in [1.807, 2.05) is 0 Å². The van der Waals surface area contributed by atoms with Gasteiger partial charge in [0.25, 0.3) is 0 Å². The first kappa shape index (κ1) is 17.0. The minimum atomic E-state index is -1.07. The average Bonchev–Trinajstić information content (AvgIpc) is 2.30. The third-order valence-corrected chi connectivity index (χ3v) is 2.46. The van der Waals surface area contributed by atoms with Crippen LogP contribution in [0.5, 0.6) is 0 Å². The highest BCUT2D eigenvalue weighted by molar-refractivity contribution is 5.90. The van der Waals surface area contributed by atoms with Crippen LogP contribution in [0.3, 0.4) is 0 Å². The topological polar surface area (TPSA) is 147 Å². The Bertz CT molecular complexity index is 368. The number of carbonyl (C=O) groups excluding carboxylic acids is 2. The summed E-state index contributed by atoms with van der Waals surface area (Å²) in [5.41, 5.74) is 5.47. The number of carboxylic acids is 2. The summed E-state index contributed by atoms with van der Waals surface area (Å²) in [6.45, 7) is 1.23. The summed E-state index contributed by atoms with van der Waals surface area (Å²) in [6, 6.07) is -1.96. The van der Waals surface area contributed by atoms with Crippen molar-refractivity contribution in [2.75, 3.05) is 0 Å². The van der Waals surface area contributed by atoms with E-state index in [0.717, 1.165) is 0 Å². The fourth-order valence-electron chi connectivity index (χ4n) is 1.33. The fraction of sp³-hybridized carbons (Fsp3) is 0.636. The van der Waals surface area contributed by atoms with Crippen LogP contribution in [0.4, 0.5) is 0 Å². The molecule has 0 aliphatic carbocycles. The smallest absolute Gasteiger partial charge is 0.303 e. The molecule has 8 nitrogen and oxygen atoms in total. The van der Waals surface area contributed by atoms with Crippen molar-refractivity contribution in [2.24, 2.45) is 5.73 Å². The third-order valence-electron chi connectivity index (χ3n) is 2.46. The lowest BCUT2D eigenvalue weighted by Gasteiger charge is -2.18. The van der Waals surface area contributed by atoms with E-state index in [2.05, 4.69) is 5.32 Å². The van der Waals surface area contributed by atoms with E-state index in [0.29, 0.717) is 0 Å². The number of hydrogen-bond donors (Lipinski definition) is 4. The van der Waals surface area contributed by atoms with Crippen molar-refractivity contribution < 1.29 is 29.4 Å². The average molecular weight is 274 g/mol. The maximum absolute atomic E-state index is 11.6. The van der Waals surface area contributed by atoms with Gasteiger partial charge in [0.15, 0.2) is 5.78 Å². The van der Waals surface area contributed by atoms with Gasteiger partial charge in [0, 0.05) is 12.8 Å². The van der Waals surface area contributed by atoms with Crippen molar-refractivity contribution in [1.82, 2.24) is 5.32 Å². The van der Waals surface area contributed by atoms with Gasteiger partial charge < -0.3 is 21.3 Å². The molecule has 0 bridgehead atoms. The van der Waals surface area contributed by atoms with Gasteiger partial charge >= 0.3 is 11.9 Å². The van der Waals surface area contributed by atoms with E-state index in [9.17, 15) is 19.2 Å². The lowest BCUT2D eigenvalue weighted by Crippen LogP contribution is -2.48. The van der Waals surface area contributed by atoms with E-state index >= 15 is 0 Å². The minimum absolute atomic E-state index is 0.0257. The number of Topliss-reactive ketones (excluding diaryl/α,β-unsaturated/α-hetero) is 1. The number of hydrogen-bond acceptors (Lipinski definition) is 5. The van der Waals surface area contributed by atoms with E-state index in [1.54, 1.807) is 0 Å². The maximum Gasteiger partial charge on any atom is 0.303 e. The SMILES string of the molecule is CC(=O)[C@H](CCC(=O)O)NC(=O)[C@@H](N)CCC(=O)O. The Morgan fingerprint density at radius 1 is 1.05 bits per heavy atom. The fourth-order valence-corrected chi connectivity index (χ4v) is 1.33. The number of ketones is 1. The van der Waals surface area contributed by atoms with E-state index in [4.69, 9.17) is 15.9 Å². The summed E-state index contributed by atoms with van der Waals surface area (Å²) in [5, 5.41) is 19.3. The van der Waals surface area contributed by atoms with Gasteiger partial charge in [-0.05, 0) is 19.8 Å². The Morgan fingerprint density at radius 3 is 1.95 bits per heavy atom. The van der Waals surface area contributed by atoms with E-state index < -0.39 is 29.9 Å². The number of nitrogens with two attached hydrogens (primary N) is 1. The minimum Gasteiger partial charge on any atom is -0.481 e. The molecule has 0 aliphatic rings. The number of carbonyl (C=O) groups is 4. The van der Waals surface area contributed by atoms with Gasteiger partial charge in [-0.1, -0.05) is 0 Å². The molecular weight excluding hydrogens is 256 g/mol. The lowest BCUT2D eigenvalue weighted by atomic mass is 10.1. The molecule has 0 saturated carbocycles. The Labute approximate surface area is 110 Å². The van der Waals surface area contributed by atoms with Crippen LogP contribution in [-0.2, 0) is 19.2 Å². The molecule has 0 spiro atoms. The van der Waals surface area contributed by atoms with Crippen molar-refractivity contribution in [1.29, 1.82) is 0 Å². The van der Waals surface area contributed by atoms with Gasteiger partial charge in [-0.25, -0.2) is 0 Å². The van der Waals surface area contributed by atoms with Crippen LogP contribution in [0.15, 0.2) is 0 Å². The molecule has 0 heterocycles. The molecular formula is C11H18N2O6. The maximum atomic E-state index is 11.6. The second kappa shape index (κ2) is 8.20. The first-order valence-electron chi connectivity index (χ1n) is 5.74. The molecule has 0 saturated heterocycles. The van der Waals surface area contributed by atoms with Crippen LogP contribution >= 0.6 is 0 Å². The summed E-state index contributed by atoms with van der Waals surface area (Å²) in [5.74, 6) is -3.18. The lowest BCUT2D eigenvalue weighted by molar-refractivity contribution is -0.139. The molecule has 0 aromatic carbocycles. The largest absolute Gasteiger partial charge is 0.481 e. The zero-order valence-electron chi connectivity index (χ0n) is 10.6. The van der Waals surface area contributed by atoms with Gasteiger partial charge in [0.05, 0.1) is 12.1 Å². The summed E-state index contributed by atoms with van der Waals surface area (Å²) >= 11 is 0. The van der Waals surface area contributed by atoms with E-state index in [1.165, 1.54) is 6.92 Å². The molecule has 0 rings (SSSR count). The molecule has 2 atom stereocenters. The monoisotopic (exact) mass is 274 g/mol. The Kier molecular flexibility index (Phi) is 7.35. The highest BCUT2D eigenvalue weighted by Gasteiger charge is 2.22. The van der Waals surface area contributed by atoms with Gasteiger partial charge in [-0.3, -0.25) is 19.2 Å². The summed E-state index contributed by atoms with van der Waals surface area (Å²) < 4.78 is 0. The molecule has 19 heavy (non-hydrogen) atoms. The molecule has 0 aliphatic heterocycles. The zero-order chi connectivity index (χ0) is 15.0. The first-order chi connectivity index (χ1) is 8.73. The predicted octanol–water partition coefficient (Wildman–Crippen LogP) is -0.883. The molecule has 108 valence electrons. The zero-order valence-corrected chi connectivity index (χ0v) is 10.6. The molecule has 0 fully saturated rings. The van der Waals surface area contributed by atoms with Gasteiger partial charge in [-0.2, -0.15) is 0 Å². The van der Waals surface area contributed by atoms with Crippen molar-refractivity contribution >= 4 is 23.6 Å². The summed E-state index contributed by atoms with van der Waals surface area (Å²) in [7, 11) is 0. The number of rotatable bonds is 9. The van der Waals surface area contributed by atoms with Crippen LogP contribution < -0.4 is 11.1 Å². The Balaban J connectivity index is 4.33. The normalized spacial score (nSPS) is 13.4. The van der Waals surface area contributed by atoms with Crippen molar-refractivity contribution in [3.63, 3.8) is 0 Å². The Morgan fingerprint density at radius 2 is 1.53 bits per heavy atom. The highest BCUT2D eigenvalue weighted by Crippen LogP contribution is 2.01. The first-order valence-corrected chi connectivity index (χ1v) is 5.74. The predicted molar refractivity (Wildman–Crippen MR) is 64.3 cm³/mol. The van der Waals surface area contributed by atoms with Gasteiger partial charge in [0.1, 0.15) is 0 Å². The Hall–Kier alpha value is -1.96. The second-order valence-corrected chi connectivity index (χ2v) is 4.14. The van der Waals surface area contributed by atoms with Crippen LogP contribution in [-0.4, -0.2) is 45.9 Å². The highest BCUT2D eigenvalue weighted by atomic mass is 16.4. The number of aliphatic carboxylic acids is 2. The third kappa shape index (κ3) is 7.87. The van der Waals surface area contributed by atoms with Crippen molar-refractivity contribution in [2.45, 2.75) is 44.7 Å². The number of amides is 1. The molecule has 1 amide bonds. The van der Waals surface area contributed by atoms with Crippen LogP contribution in [0.25, 0.3) is 0 Å². The molecule has 0 radical (unpaired) electrons. The van der Waals surface area contributed by atoms with Gasteiger partial charge in [0.2, 0.25) is 5.91 Å². The van der Waals surface area contributed by atoms with Crippen LogP contribution in [0.2, 0.25) is 0 Å². The second-order valence-electron chi connectivity index (χ2n) is 4.14. The van der Waals surface area contributed by atoms with Gasteiger partial charge in [-0.15, -0.1) is 0 Å². The van der Waals surface area contributed by atoms with E-state index in [-0.39, 0.29) is 31.5 Å². The number of carboxylic acid groups (broad SMARTS) is 2. The van der Waals surface area contributed by atoms with Crippen LogP contribution in [0, 0.1) is 0 Å². The standard InChI is InChI=1S/C11H18N2O6/c1-6(14)8(3-5-10(17)18)13-11(19)7(12)2-4-9(15)16/h7-8H,2-5,12H2,1H3,(H,13,19)(H,15,16)(H,17,18)/t7-,8-/m0/s1. The molecule has 0 unspecified atom stereocenters. The quantitative estimate of drug-likeness (QED) is 0.426.